The van der Waals surface area contributed by atoms with Gasteiger partial charge in [0.05, 0.1) is 5.56 Å². The van der Waals surface area contributed by atoms with Gasteiger partial charge in [0.2, 0.25) is 0 Å². The number of hydrogen-bond acceptors (Lipinski definition) is 4. The summed E-state index contributed by atoms with van der Waals surface area (Å²) >= 11 is 3.27. The summed E-state index contributed by atoms with van der Waals surface area (Å²) in [6.45, 7) is 5.06. The topological polar surface area (TPSA) is 84.5 Å². The van der Waals surface area contributed by atoms with Crippen molar-refractivity contribution >= 4 is 33.7 Å². The second-order valence-corrected chi connectivity index (χ2v) is 5.22. The van der Waals surface area contributed by atoms with Crippen LogP contribution in [0, 0.1) is 0 Å². The number of ketones is 1. The number of carbonyl (C=O) groups is 3. The third-order valence-corrected chi connectivity index (χ3v) is 3.06. The van der Waals surface area contributed by atoms with Crippen LogP contribution in [0.15, 0.2) is 22.7 Å². The van der Waals surface area contributed by atoms with E-state index in [4.69, 9.17) is 4.74 Å². The number of Topliss-reactive ketones (excluding diaryl/α,β-unsaturated/α-hetero) is 1. The summed E-state index contributed by atoms with van der Waals surface area (Å²) in [5.41, 5.74) is 0.363. The summed E-state index contributed by atoms with van der Waals surface area (Å²) < 4.78 is 6.20. The van der Waals surface area contributed by atoms with Gasteiger partial charge in [-0.15, -0.1) is 0 Å². The molecular formula is C14H17BrN2O4. The van der Waals surface area contributed by atoms with Gasteiger partial charge < -0.3 is 10.1 Å². The number of rotatable bonds is 5. The molecule has 0 radical (unpaired) electrons. The number of imide groups is 1. The molecule has 0 aliphatic rings. The second-order valence-electron chi connectivity index (χ2n) is 4.31. The van der Waals surface area contributed by atoms with Crippen LogP contribution >= 0.6 is 15.9 Å². The highest BCUT2D eigenvalue weighted by Crippen LogP contribution is 2.24. The molecule has 0 aliphatic heterocycles. The number of halogens is 1. The molecule has 0 fully saturated rings. The van der Waals surface area contributed by atoms with E-state index >= 15 is 0 Å². The van der Waals surface area contributed by atoms with Crippen molar-refractivity contribution < 1.29 is 19.1 Å². The van der Waals surface area contributed by atoms with Crippen LogP contribution in [0.2, 0.25) is 0 Å². The van der Waals surface area contributed by atoms with Gasteiger partial charge in [0.15, 0.2) is 11.9 Å². The van der Waals surface area contributed by atoms with E-state index in [1.165, 1.54) is 13.8 Å². The molecule has 1 aromatic rings. The van der Waals surface area contributed by atoms with Crippen molar-refractivity contribution in [1.29, 1.82) is 0 Å². The highest BCUT2D eigenvalue weighted by molar-refractivity contribution is 9.10. The number of benzene rings is 1. The van der Waals surface area contributed by atoms with Crippen LogP contribution in [0.4, 0.5) is 4.79 Å². The van der Waals surface area contributed by atoms with Crippen LogP contribution in [0.25, 0.3) is 0 Å². The summed E-state index contributed by atoms with van der Waals surface area (Å²) in [4.78, 5) is 34.6. The maximum atomic E-state index is 11.8. The second kappa shape index (κ2) is 7.78. The first-order valence-corrected chi connectivity index (χ1v) is 7.20. The number of nitrogens with one attached hydrogen (secondary N) is 2. The van der Waals surface area contributed by atoms with E-state index in [1.807, 2.05) is 0 Å². The van der Waals surface area contributed by atoms with Crippen LogP contribution in [-0.2, 0) is 4.79 Å². The molecule has 0 spiro atoms. The van der Waals surface area contributed by atoms with Crippen molar-refractivity contribution in [2.75, 3.05) is 6.54 Å². The Bertz CT molecular complexity index is 560. The third-order valence-electron chi connectivity index (χ3n) is 2.57. The molecule has 21 heavy (non-hydrogen) atoms. The highest BCUT2D eigenvalue weighted by atomic mass is 79.9. The van der Waals surface area contributed by atoms with Gasteiger partial charge in [-0.3, -0.25) is 14.9 Å². The van der Waals surface area contributed by atoms with E-state index < -0.39 is 18.0 Å². The minimum absolute atomic E-state index is 0.178. The van der Waals surface area contributed by atoms with E-state index in [9.17, 15) is 14.4 Å². The van der Waals surface area contributed by atoms with E-state index in [-0.39, 0.29) is 5.78 Å². The molecule has 1 atom stereocenters. The van der Waals surface area contributed by atoms with E-state index in [2.05, 4.69) is 26.6 Å². The van der Waals surface area contributed by atoms with Crippen LogP contribution in [0.5, 0.6) is 5.75 Å². The molecule has 6 nitrogen and oxygen atoms in total. The molecule has 1 unspecified atom stereocenters. The van der Waals surface area contributed by atoms with Crippen LogP contribution in [0.3, 0.4) is 0 Å². The summed E-state index contributed by atoms with van der Waals surface area (Å²) in [5, 5.41) is 4.60. The minimum atomic E-state index is -0.910. The van der Waals surface area contributed by atoms with Gasteiger partial charge in [-0.05, 0) is 39.0 Å². The molecule has 0 bridgehead atoms. The number of ether oxygens (including phenoxy) is 1. The third kappa shape index (κ3) is 5.18. The Morgan fingerprint density at radius 2 is 2.00 bits per heavy atom. The van der Waals surface area contributed by atoms with E-state index in [0.717, 1.165) is 4.47 Å². The molecule has 114 valence electrons. The first-order chi connectivity index (χ1) is 9.85. The predicted octanol–water partition coefficient (Wildman–Crippen LogP) is 2.26. The zero-order chi connectivity index (χ0) is 16.0. The average molecular weight is 357 g/mol. The minimum Gasteiger partial charge on any atom is -0.480 e. The van der Waals surface area contributed by atoms with Crippen molar-refractivity contribution in [1.82, 2.24) is 10.6 Å². The lowest BCUT2D eigenvalue weighted by Gasteiger charge is -2.16. The van der Waals surface area contributed by atoms with Gasteiger partial charge in [0.25, 0.3) is 5.91 Å². The summed E-state index contributed by atoms with van der Waals surface area (Å²) in [6.07, 6.45) is -0.910. The Kier molecular flexibility index (Phi) is 6.36. The summed E-state index contributed by atoms with van der Waals surface area (Å²) in [7, 11) is 0. The molecule has 0 saturated heterocycles. The Morgan fingerprint density at radius 1 is 1.33 bits per heavy atom. The normalized spacial score (nSPS) is 11.4. The molecule has 0 saturated carbocycles. The zero-order valence-corrected chi connectivity index (χ0v) is 13.6. The summed E-state index contributed by atoms with van der Waals surface area (Å²) in [6, 6.07) is 4.33. The molecule has 0 aliphatic carbocycles. The maximum Gasteiger partial charge on any atom is 0.321 e. The Morgan fingerprint density at radius 3 is 2.57 bits per heavy atom. The van der Waals surface area contributed by atoms with E-state index in [0.29, 0.717) is 17.9 Å². The Labute approximate surface area is 131 Å². The van der Waals surface area contributed by atoms with Crippen molar-refractivity contribution in [3.8, 4) is 5.75 Å². The standard InChI is InChI=1S/C14H17BrN2O4/c1-4-16-14(20)17-13(19)9(3)21-12-6-5-10(15)7-11(12)8(2)18/h5-7,9H,4H2,1-3H3,(H2,16,17,19,20). The van der Waals surface area contributed by atoms with Crippen molar-refractivity contribution in [3.63, 3.8) is 0 Å². The predicted molar refractivity (Wildman–Crippen MR) is 81.5 cm³/mol. The summed E-state index contributed by atoms with van der Waals surface area (Å²) in [5.74, 6) is -0.467. The number of amides is 3. The van der Waals surface area contributed by atoms with Crippen LogP contribution in [0.1, 0.15) is 31.1 Å². The van der Waals surface area contributed by atoms with Gasteiger partial charge in [0, 0.05) is 11.0 Å². The highest BCUT2D eigenvalue weighted by Gasteiger charge is 2.19. The Hall–Kier alpha value is -1.89. The van der Waals surface area contributed by atoms with Gasteiger partial charge in [-0.2, -0.15) is 0 Å². The largest absolute Gasteiger partial charge is 0.480 e. The molecule has 1 aromatic carbocycles. The fourth-order valence-electron chi connectivity index (χ4n) is 1.54. The van der Waals surface area contributed by atoms with Gasteiger partial charge >= 0.3 is 6.03 Å². The molecule has 3 amide bonds. The lowest BCUT2D eigenvalue weighted by Crippen LogP contribution is -2.45. The first-order valence-electron chi connectivity index (χ1n) is 6.41. The zero-order valence-electron chi connectivity index (χ0n) is 12.0. The quantitative estimate of drug-likeness (QED) is 0.792. The molecule has 2 N–H and O–H groups in total. The van der Waals surface area contributed by atoms with Crippen LogP contribution in [-0.4, -0.2) is 30.4 Å². The molecular weight excluding hydrogens is 340 g/mol. The van der Waals surface area contributed by atoms with Crippen molar-refractivity contribution in [2.24, 2.45) is 0 Å². The lowest BCUT2D eigenvalue weighted by atomic mass is 10.1. The maximum absolute atomic E-state index is 11.8. The fraction of sp³-hybridized carbons (Fsp3) is 0.357. The Balaban J connectivity index is 2.79. The SMILES string of the molecule is CCNC(=O)NC(=O)C(C)Oc1ccc(Br)cc1C(C)=O. The number of hydrogen-bond donors (Lipinski definition) is 2. The van der Waals surface area contributed by atoms with Gasteiger partial charge in [0.1, 0.15) is 5.75 Å². The fourth-order valence-corrected chi connectivity index (χ4v) is 1.90. The first kappa shape index (κ1) is 17.2. The van der Waals surface area contributed by atoms with Crippen molar-refractivity contribution in [3.05, 3.63) is 28.2 Å². The number of urea groups is 1. The number of carbonyl (C=O) groups excluding carboxylic acids is 3. The molecule has 0 heterocycles. The van der Waals surface area contributed by atoms with Gasteiger partial charge in [-0.1, -0.05) is 15.9 Å². The molecule has 0 aromatic heterocycles. The average Bonchev–Trinajstić information content (AvgIpc) is 2.40. The monoisotopic (exact) mass is 356 g/mol. The lowest BCUT2D eigenvalue weighted by molar-refractivity contribution is -0.126. The van der Waals surface area contributed by atoms with Crippen LogP contribution < -0.4 is 15.4 Å². The van der Waals surface area contributed by atoms with Crippen molar-refractivity contribution in [2.45, 2.75) is 26.9 Å². The molecule has 7 heteroatoms. The molecule has 1 rings (SSSR count). The van der Waals surface area contributed by atoms with Gasteiger partial charge in [-0.25, -0.2) is 4.79 Å². The smallest absolute Gasteiger partial charge is 0.321 e. The van der Waals surface area contributed by atoms with E-state index in [1.54, 1.807) is 25.1 Å².